The molecule has 0 bridgehead atoms. The predicted molar refractivity (Wildman–Crippen MR) is 56.8 cm³/mol. The monoisotopic (exact) mass is 280 g/mol. The van der Waals surface area contributed by atoms with Crippen LogP contribution in [0.25, 0.3) is 0 Å². The predicted octanol–water partition coefficient (Wildman–Crippen LogP) is 2.91. The molecule has 0 saturated heterocycles. The van der Waals surface area contributed by atoms with Crippen molar-refractivity contribution in [2.45, 2.75) is 18.7 Å². The first-order chi connectivity index (χ1) is 8.30. The normalized spacial score (nSPS) is 23.1. The molecule has 1 aromatic carbocycles. The minimum absolute atomic E-state index is 0.0468. The van der Waals surface area contributed by atoms with Gasteiger partial charge in [0.1, 0.15) is 11.7 Å². The molecular weight excluding hydrogens is 273 g/mol. The smallest absolute Gasteiger partial charge is 0.426 e. The minimum Gasteiger partial charge on any atom is -0.481 e. The van der Waals surface area contributed by atoms with Crippen LogP contribution in [0.15, 0.2) is 18.2 Å². The topological polar surface area (TPSA) is 46.5 Å². The number of ether oxygens (including phenoxy) is 1. The number of carboxylic acids is 1. The van der Waals surface area contributed by atoms with E-state index in [0.29, 0.717) is 5.56 Å². The number of alkyl halides is 3. The van der Waals surface area contributed by atoms with Crippen molar-refractivity contribution in [3.8, 4) is 5.75 Å². The zero-order valence-electron chi connectivity index (χ0n) is 8.87. The Morgan fingerprint density at radius 1 is 1.44 bits per heavy atom. The Morgan fingerprint density at radius 3 is 2.67 bits per heavy atom. The first-order valence-electron chi connectivity index (χ1n) is 5.04. The lowest BCUT2D eigenvalue weighted by molar-refractivity contribution is -0.217. The van der Waals surface area contributed by atoms with Crippen LogP contribution in [0.4, 0.5) is 13.2 Å². The van der Waals surface area contributed by atoms with Crippen LogP contribution in [0.2, 0.25) is 5.02 Å². The minimum atomic E-state index is -4.75. The van der Waals surface area contributed by atoms with Crippen LogP contribution in [0.1, 0.15) is 5.56 Å². The molecule has 3 nitrogen and oxygen atoms in total. The van der Waals surface area contributed by atoms with Crippen LogP contribution in [-0.2, 0) is 11.2 Å². The molecule has 1 aliphatic rings. The van der Waals surface area contributed by atoms with Gasteiger partial charge in [-0.2, -0.15) is 13.2 Å². The molecule has 2 atom stereocenters. The number of para-hydroxylation sites is 1. The number of carbonyl (C=O) groups is 1. The Kier molecular flexibility index (Phi) is 3.14. The van der Waals surface area contributed by atoms with Crippen molar-refractivity contribution < 1.29 is 27.8 Å². The highest BCUT2D eigenvalue weighted by molar-refractivity contribution is 6.32. The maximum Gasteiger partial charge on any atom is 0.426 e. The Hall–Kier alpha value is -1.43. The van der Waals surface area contributed by atoms with Crippen molar-refractivity contribution in [2.24, 2.45) is 5.92 Å². The van der Waals surface area contributed by atoms with E-state index >= 15 is 0 Å². The van der Waals surface area contributed by atoms with Gasteiger partial charge >= 0.3 is 12.1 Å². The first kappa shape index (κ1) is 13.0. The molecule has 2 rings (SSSR count). The summed E-state index contributed by atoms with van der Waals surface area (Å²) in [6.07, 6.45) is -7.38. The summed E-state index contributed by atoms with van der Waals surface area (Å²) in [5.41, 5.74) is 0.371. The van der Waals surface area contributed by atoms with E-state index in [1.165, 1.54) is 18.2 Å². The van der Waals surface area contributed by atoms with Crippen LogP contribution >= 0.6 is 11.6 Å². The van der Waals surface area contributed by atoms with Gasteiger partial charge in [-0.05, 0) is 18.1 Å². The highest BCUT2D eigenvalue weighted by Gasteiger charge is 2.52. The lowest BCUT2D eigenvalue weighted by atomic mass is 9.90. The van der Waals surface area contributed by atoms with Crippen molar-refractivity contribution in [3.63, 3.8) is 0 Å². The zero-order valence-corrected chi connectivity index (χ0v) is 9.63. The largest absolute Gasteiger partial charge is 0.481 e. The quantitative estimate of drug-likeness (QED) is 0.860. The summed E-state index contributed by atoms with van der Waals surface area (Å²) in [5, 5.41) is 8.90. The molecule has 18 heavy (non-hydrogen) atoms. The summed E-state index contributed by atoms with van der Waals surface area (Å²) < 4.78 is 43.0. The zero-order chi connectivity index (χ0) is 13.5. The Labute approximate surface area is 105 Å². The summed E-state index contributed by atoms with van der Waals surface area (Å²) in [6, 6.07) is 4.44. The van der Waals surface area contributed by atoms with Gasteiger partial charge in [0, 0.05) is 0 Å². The molecule has 98 valence electrons. The molecule has 0 fully saturated rings. The van der Waals surface area contributed by atoms with E-state index in [1.54, 1.807) is 0 Å². The van der Waals surface area contributed by atoms with Gasteiger partial charge in [0.25, 0.3) is 0 Å². The number of aliphatic carboxylic acids is 1. The number of hydrogen-bond acceptors (Lipinski definition) is 2. The molecule has 7 heteroatoms. The van der Waals surface area contributed by atoms with Crippen LogP contribution in [0.3, 0.4) is 0 Å². The first-order valence-corrected chi connectivity index (χ1v) is 5.42. The van der Waals surface area contributed by atoms with Crippen LogP contribution in [0, 0.1) is 5.92 Å². The van der Waals surface area contributed by atoms with Crippen LogP contribution in [-0.4, -0.2) is 23.4 Å². The lowest BCUT2D eigenvalue weighted by Crippen LogP contribution is -2.47. The van der Waals surface area contributed by atoms with Crippen LogP contribution in [0.5, 0.6) is 5.75 Å². The second-order valence-corrected chi connectivity index (χ2v) is 4.36. The van der Waals surface area contributed by atoms with E-state index < -0.39 is 24.2 Å². The molecule has 1 N–H and O–H groups in total. The fourth-order valence-electron chi connectivity index (χ4n) is 1.91. The van der Waals surface area contributed by atoms with Gasteiger partial charge < -0.3 is 9.84 Å². The summed E-state index contributed by atoms with van der Waals surface area (Å²) in [5.74, 6) is -3.28. The summed E-state index contributed by atoms with van der Waals surface area (Å²) in [7, 11) is 0. The van der Waals surface area contributed by atoms with Gasteiger partial charge in [-0.3, -0.25) is 4.79 Å². The SMILES string of the molecule is O=C(O)[C@@H]1Cc2cccc(Cl)c2O[C@@H]1C(F)(F)F. The molecular formula is C11H8ClF3O3. The lowest BCUT2D eigenvalue weighted by Gasteiger charge is -2.32. The van der Waals surface area contributed by atoms with E-state index in [9.17, 15) is 18.0 Å². The highest BCUT2D eigenvalue weighted by Crippen LogP contribution is 2.41. The van der Waals surface area contributed by atoms with Crippen molar-refractivity contribution in [2.75, 3.05) is 0 Å². The van der Waals surface area contributed by atoms with Crippen molar-refractivity contribution in [1.29, 1.82) is 0 Å². The maximum absolute atomic E-state index is 12.7. The Bertz CT molecular complexity index is 487. The molecule has 0 radical (unpaired) electrons. The number of halogens is 4. The Balaban J connectivity index is 2.44. The van der Waals surface area contributed by atoms with Gasteiger partial charge in [0.2, 0.25) is 6.10 Å². The van der Waals surface area contributed by atoms with E-state index in [4.69, 9.17) is 21.4 Å². The maximum atomic E-state index is 12.7. The molecule has 1 heterocycles. The van der Waals surface area contributed by atoms with Gasteiger partial charge in [0.05, 0.1) is 5.02 Å². The van der Waals surface area contributed by atoms with Crippen LogP contribution < -0.4 is 4.74 Å². The highest BCUT2D eigenvalue weighted by atomic mass is 35.5. The fourth-order valence-corrected chi connectivity index (χ4v) is 2.15. The standard InChI is InChI=1S/C11H8ClF3O3/c12-7-3-1-2-5-4-6(10(16)17)9(11(13,14)15)18-8(5)7/h1-3,6,9H,4H2,(H,16,17)/t6-,9+/m1/s1. The summed E-state index contributed by atoms with van der Waals surface area (Å²) in [4.78, 5) is 10.9. The number of benzene rings is 1. The average molecular weight is 281 g/mol. The van der Waals surface area contributed by atoms with Gasteiger partial charge in [-0.1, -0.05) is 23.7 Å². The summed E-state index contributed by atoms with van der Waals surface area (Å²) in [6.45, 7) is 0. The van der Waals surface area contributed by atoms with Crippen molar-refractivity contribution >= 4 is 17.6 Å². The van der Waals surface area contributed by atoms with E-state index in [2.05, 4.69) is 0 Å². The molecule has 0 unspecified atom stereocenters. The van der Waals surface area contributed by atoms with Gasteiger partial charge in [-0.15, -0.1) is 0 Å². The van der Waals surface area contributed by atoms with Crippen molar-refractivity contribution in [3.05, 3.63) is 28.8 Å². The third-order valence-corrected chi connectivity index (χ3v) is 3.04. The molecule has 1 aromatic rings. The number of hydrogen-bond donors (Lipinski definition) is 1. The van der Waals surface area contributed by atoms with E-state index in [1.807, 2.05) is 0 Å². The molecule has 0 aliphatic carbocycles. The third-order valence-electron chi connectivity index (χ3n) is 2.74. The molecule has 0 spiro atoms. The molecule has 1 aliphatic heterocycles. The van der Waals surface area contributed by atoms with Gasteiger partial charge in [-0.25, -0.2) is 0 Å². The molecule has 0 saturated carbocycles. The van der Waals surface area contributed by atoms with Crippen molar-refractivity contribution in [1.82, 2.24) is 0 Å². The second-order valence-electron chi connectivity index (χ2n) is 3.96. The van der Waals surface area contributed by atoms with Gasteiger partial charge in [0.15, 0.2) is 0 Å². The average Bonchev–Trinajstić information content (AvgIpc) is 2.26. The third kappa shape index (κ3) is 2.25. The van der Waals surface area contributed by atoms with E-state index in [0.717, 1.165) is 0 Å². The Morgan fingerprint density at radius 2 is 2.11 bits per heavy atom. The molecule has 0 aromatic heterocycles. The van der Waals surface area contributed by atoms with E-state index in [-0.39, 0.29) is 17.2 Å². The number of rotatable bonds is 1. The molecule has 0 amide bonds. The summed E-state index contributed by atoms with van der Waals surface area (Å²) >= 11 is 5.75. The number of carboxylic acid groups (broad SMARTS) is 1. The second kappa shape index (κ2) is 4.35. The fraction of sp³-hybridized carbons (Fsp3) is 0.364. The number of fused-ring (bicyclic) bond motifs is 1.